The molecule has 218 valence electrons. The summed E-state index contributed by atoms with van der Waals surface area (Å²) in [6, 6.07) is 8.66. The minimum absolute atomic E-state index is 0. The van der Waals surface area contributed by atoms with E-state index in [9.17, 15) is 22.9 Å². The van der Waals surface area contributed by atoms with Gasteiger partial charge in [-0.05, 0) is 50.2 Å². The van der Waals surface area contributed by atoms with E-state index in [-0.39, 0.29) is 63.2 Å². The van der Waals surface area contributed by atoms with Crippen LogP contribution in [0.2, 0.25) is 0 Å². The summed E-state index contributed by atoms with van der Waals surface area (Å²) in [6.07, 6.45) is 1.65. The molecular formula is C28H30LiN3O8S2. The van der Waals surface area contributed by atoms with Gasteiger partial charge < -0.3 is 28.7 Å². The smallest absolute Gasteiger partial charge is 0.609 e. The zero-order chi connectivity index (χ0) is 30.1. The Hall–Kier alpha value is -3.21. The summed E-state index contributed by atoms with van der Waals surface area (Å²) in [4.78, 5) is 22.8. The molecule has 4 aromatic rings. The number of nitrogens with zero attached hydrogens (tertiary/aromatic N) is 2. The van der Waals surface area contributed by atoms with Gasteiger partial charge in [-0.3, -0.25) is 9.97 Å². The first-order valence-corrected chi connectivity index (χ1v) is 15.2. The molecule has 0 aliphatic rings. The molecule has 2 aromatic heterocycles. The molecule has 2 aromatic carbocycles. The third-order valence-corrected chi connectivity index (χ3v) is 9.54. The van der Waals surface area contributed by atoms with E-state index in [1.54, 1.807) is 19.4 Å². The van der Waals surface area contributed by atoms with Crippen LogP contribution in [0.3, 0.4) is 0 Å². The van der Waals surface area contributed by atoms with E-state index < -0.39 is 32.4 Å². The number of methoxy groups -OCH3 is 2. The largest absolute Gasteiger partial charge is 1.00 e. The molecule has 0 saturated heterocycles. The van der Waals surface area contributed by atoms with Gasteiger partial charge in [0.25, 0.3) is 0 Å². The Morgan fingerprint density at radius 3 is 2.33 bits per heavy atom. The Morgan fingerprint density at radius 2 is 1.74 bits per heavy atom. The number of aromatic amines is 1. The fraction of sp³-hybridized carbons (Fsp3) is 0.321. The summed E-state index contributed by atoms with van der Waals surface area (Å²) in [7, 11) is -1.26. The number of carbonyl (C=O) groups excluding carboxylic acids is 1. The number of pyridine rings is 1. The standard InChI is InChI=1S/C28H31N3O8S2.Li/c1-16-13-29-21(17(2)24(16)38-6)14-40(34)27-30-20-11-12-22(37-5)25(23(20)31-27)41(35,36)19-9-7-18(8-10-19)39-15-28(3,4)26(32)33;/h7-13H,14-15H2,1-6H3,(H,30,31)(H,32,33);/q;+1/p-1. The molecule has 1 atom stereocenters. The number of fused-ring (bicyclic) bond motifs is 1. The number of carbonyl (C=O) groups is 1. The van der Waals surface area contributed by atoms with Crippen LogP contribution in [-0.2, 0) is 31.6 Å². The molecule has 1 unspecified atom stereocenters. The van der Waals surface area contributed by atoms with Crippen LogP contribution in [0.25, 0.3) is 11.0 Å². The maximum Gasteiger partial charge on any atom is 1.00 e. The molecule has 11 nitrogen and oxygen atoms in total. The van der Waals surface area contributed by atoms with Crippen molar-refractivity contribution in [3.05, 3.63) is 59.4 Å². The molecule has 0 fully saturated rings. The molecule has 0 bridgehead atoms. The molecule has 2 heterocycles. The van der Waals surface area contributed by atoms with Gasteiger partial charge in [-0.25, -0.2) is 8.42 Å². The van der Waals surface area contributed by atoms with Crippen molar-refractivity contribution in [3.63, 3.8) is 0 Å². The molecule has 1 N–H and O–H groups in total. The Kier molecular flexibility index (Phi) is 10.3. The van der Waals surface area contributed by atoms with Gasteiger partial charge in [0.1, 0.15) is 27.7 Å². The van der Waals surface area contributed by atoms with Crippen LogP contribution in [0, 0.1) is 19.3 Å². The van der Waals surface area contributed by atoms with Crippen LogP contribution in [0.4, 0.5) is 0 Å². The van der Waals surface area contributed by atoms with Crippen molar-refractivity contribution in [2.24, 2.45) is 5.41 Å². The van der Waals surface area contributed by atoms with Gasteiger partial charge in [0.15, 0.2) is 5.75 Å². The number of carboxylic acids is 1. The third-order valence-electron chi connectivity index (χ3n) is 6.56. The van der Waals surface area contributed by atoms with Crippen LogP contribution in [-0.4, -0.2) is 54.7 Å². The number of aromatic nitrogens is 3. The van der Waals surface area contributed by atoms with E-state index in [0.29, 0.717) is 17.0 Å². The predicted molar refractivity (Wildman–Crippen MR) is 149 cm³/mol. The van der Waals surface area contributed by atoms with Crippen molar-refractivity contribution in [1.82, 2.24) is 15.0 Å². The number of aliphatic carboxylic acids is 1. The average molecular weight is 608 g/mol. The van der Waals surface area contributed by atoms with E-state index in [0.717, 1.165) is 11.1 Å². The number of sulfone groups is 1. The number of hydrogen-bond donors (Lipinski definition) is 1. The second-order valence-corrected chi connectivity index (χ2v) is 13.3. The van der Waals surface area contributed by atoms with Crippen molar-refractivity contribution in [2.45, 2.75) is 48.4 Å². The van der Waals surface area contributed by atoms with Crippen LogP contribution >= 0.6 is 0 Å². The van der Waals surface area contributed by atoms with Gasteiger partial charge in [-0.2, -0.15) is 4.98 Å². The maximum atomic E-state index is 13.8. The van der Waals surface area contributed by atoms with Crippen molar-refractivity contribution in [2.75, 3.05) is 20.8 Å². The van der Waals surface area contributed by atoms with Gasteiger partial charge in [0, 0.05) is 33.9 Å². The second kappa shape index (κ2) is 13.0. The number of aryl methyl sites for hydroxylation is 1. The van der Waals surface area contributed by atoms with E-state index in [1.807, 2.05) is 13.8 Å². The molecule has 42 heavy (non-hydrogen) atoms. The average Bonchev–Trinajstić information content (AvgIpc) is 3.37. The summed E-state index contributed by atoms with van der Waals surface area (Å²) in [5.41, 5.74) is 1.40. The van der Waals surface area contributed by atoms with Gasteiger partial charge in [0.2, 0.25) is 9.84 Å². The fourth-order valence-electron chi connectivity index (χ4n) is 4.10. The number of nitrogens with one attached hydrogen (secondary N) is 1. The predicted octanol–water partition coefficient (Wildman–Crippen LogP) is -0.109. The monoisotopic (exact) mass is 607 g/mol. The normalized spacial score (nSPS) is 12.5. The maximum absolute atomic E-state index is 13.8. The molecule has 14 heteroatoms. The molecule has 0 aliphatic heterocycles. The van der Waals surface area contributed by atoms with Crippen LogP contribution in [0.5, 0.6) is 17.2 Å². The quantitative estimate of drug-likeness (QED) is 0.180. The zero-order valence-corrected chi connectivity index (χ0v) is 26.1. The van der Waals surface area contributed by atoms with Gasteiger partial charge in [-0.1, -0.05) is 13.8 Å². The number of hydrogen-bond acceptors (Lipinski definition) is 10. The molecule has 4 rings (SSSR count). The first-order chi connectivity index (χ1) is 19.3. The number of rotatable bonds is 11. The Labute approximate surface area is 259 Å². The van der Waals surface area contributed by atoms with Crippen molar-refractivity contribution < 1.29 is 55.9 Å². The summed E-state index contributed by atoms with van der Waals surface area (Å²) in [5, 5.41) is 11.3. The minimum atomic E-state index is -4.17. The van der Waals surface area contributed by atoms with E-state index in [4.69, 9.17) is 14.2 Å². The van der Waals surface area contributed by atoms with Gasteiger partial charge in [0.05, 0.1) is 42.9 Å². The first kappa shape index (κ1) is 33.3. The molecule has 0 amide bonds. The van der Waals surface area contributed by atoms with E-state index in [2.05, 4.69) is 15.0 Å². The number of ether oxygens (including phenoxy) is 3. The van der Waals surface area contributed by atoms with E-state index >= 15 is 0 Å². The number of benzene rings is 2. The fourth-order valence-corrected chi connectivity index (χ4v) is 6.75. The number of imidazole rings is 1. The summed E-state index contributed by atoms with van der Waals surface area (Å²) < 4.78 is 57.3. The van der Waals surface area contributed by atoms with Crippen molar-refractivity contribution in [1.29, 1.82) is 0 Å². The molecule has 0 spiro atoms. The minimum Gasteiger partial charge on any atom is -0.609 e. The third kappa shape index (κ3) is 6.55. The summed E-state index contributed by atoms with van der Waals surface area (Å²) >= 11 is -1.68. The zero-order valence-electron chi connectivity index (χ0n) is 24.4. The Bertz CT molecular complexity index is 1710. The van der Waals surface area contributed by atoms with Gasteiger partial charge in [-0.15, -0.1) is 0 Å². The SMILES string of the molecule is COc1ccc2[nH]c([S+]([O-])Cc3ncc(C)c(OC)c3C)nc2c1S(=O)(=O)c1ccc(OCC(C)(C)C(=O)[O-])cc1.[Li+]. The molecule has 0 radical (unpaired) electrons. The first-order valence-electron chi connectivity index (χ1n) is 12.4. The van der Waals surface area contributed by atoms with Crippen LogP contribution in [0.1, 0.15) is 30.7 Å². The van der Waals surface area contributed by atoms with Gasteiger partial charge >= 0.3 is 24.0 Å². The van der Waals surface area contributed by atoms with Crippen LogP contribution in [0.15, 0.2) is 57.5 Å². The summed E-state index contributed by atoms with van der Waals surface area (Å²) in [5.74, 6) is -0.205. The summed E-state index contributed by atoms with van der Waals surface area (Å²) in [6.45, 7) is 6.47. The van der Waals surface area contributed by atoms with Crippen molar-refractivity contribution >= 4 is 38.0 Å². The Balaban J connectivity index is 0.00000484. The number of H-pyrrole nitrogens is 1. The molecule has 0 aliphatic carbocycles. The van der Waals surface area contributed by atoms with Crippen LogP contribution < -0.4 is 38.2 Å². The molecule has 0 saturated carbocycles. The van der Waals surface area contributed by atoms with Crippen molar-refractivity contribution in [3.8, 4) is 17.2 Å². The second-order valence-electron chi connectivity index (χ2n) is 10.0. The Morgan fingerprint density at radius 1 is 1.07 bits per heavy atom. The number of carboxylic acid groups (broad SMARTS) is 1. The van der Waals surface area contributed by atoms with E-state index in [1.165, 1.54) is 51.3 Å². The topological polar surface area (TPSA) is 167 Å². The molecular weight excluding hydrogens is 577 g/mol.